The van der Waals surface area contributed by atoms with Gasteiger partial charge in [0.15, 0.2) is 11.5 Å². The van der Waals surface area contributed by atoms with Crippen molar-refractivity contribution < 1.29 is 19.1 Å². The van der Waals surface area contributed by atoms with Crippen LogP contribution in [-0.4, -0.2) is 11.9 Å². The smallest absolute Gasteiger partial charge is 0.343 e. The van der Waals surface area contributed by atoms with Crippen molar-refractivity contribution in [3.8, 4) is 11.5 Å². The van der Waals surface area contributed by atoms with Crippen LogP contribution in [0.25, 0.3) is 0 Å². The molecule has 3 aromatic carbocycles. The molecule has 4 atom stereocenters. The Morgan fingerprint density at radius 1 is 0.647 bits per heavy atom. The first-order valence-electron chi connectivity index (χ1n) is 11.9. The number of rotatable bonds is 4. The lowest BCUT2D eigenvalue weighted by atomic mass is 9.66. The molecule has 1 saturated carbocycles. The minimum absolute atomic E-state index is 0.0562. The minimum Gasteiger partial charge on any atom is -0.419 e. The molecule has 0 aromatic heterocycles. The Balaban J connectivity index is 1.61. The first-order chi connectivity index (χ1) is 16.2. The maximum atomic E-state index is 12.9. The summed E-state index contributed by atoms with van der Waals surface area (Å²) in [7, 11) is 0. The molecule has 1 fully saturated rings. The summed E-state index contributed by atoms with van der Waals surface area (Å²) in [5.41, 5.74) is 3.14. The van der Waals surface area contributed by atoms with Crippen molar-refractivity contribution >= 4 is 11.9 Å². The second-order valence-corrected chi connectivity index (χ2v) is 10.2. The topological polar surface area (TPSA) is 52.6 Å². The van der Waals surface area contributed by atoms with Gasteiger partial charge < -0.3 is 9.47 Å². The summed E-state index contributed by atoms with van der Waals surface area (Å²) in [6.45, 7) is 11.6. The van der Waals surface area contributed by atoms with E-state index >= 15 is 0 Å². The molecule has 5 rings (SSSR count). The molecular formula is C30H30O4. The largest absolute Gasteiger partial charge is 0.419 e. The van der Waals surface area contributed by atoms with Gasteiger partial charge in [-0.05, 0) is 76.1 Å². The first-order valence-corrected chi connectivity index (χ1v) is 11.9. The third kappa shape index (κ3) is 3.04. The van der Waals surface area contributed by atoms with Crippen LogP contribution in [0.4, 0.5) is 0 Å². The highest BCUT2D eigenvalue weighted by atomic mass is 16.6. The van der Waals surface area contributed by atoms with Crippen molar-refractivity contribution in [1.29, 1.82) is 0 Å². The van der Waals surface area contributed by atoms with Crippen LogP contribution in [0.1, 0.15) is 66.5 Å². The molecule has 4 unspecified atom stereocenters. The fraction of sp³-hybridized carbons (Fsp3) is 0.333. The number of hydrogen-bond acceptors (Lipinski definition) is 4. The number of esters is 2. The van der Waals surface area contributed by atoms with Gasteiger partial charge in [-0.2, -0.15) is 0 Å². The van der Waals surface area contributed by atoms with Gasteiger partial charge in [-0.15, -0.1) is 0 Å². The zero-order chi connectivity index (χ0) is 24.3. The van der Waals surface area contributed by atoms with Gasteiger partial charge in [0.2, 0.25) is 0 Å². The van der Waals surface area contributed by atoms with Gasteiger partial charge in [0, 0.05) is 0 Å². The Morgan fingerprint density at radius 3 is 1.35 bits per heavy atom. The highest BCUT2D eigenvalue weighted by Crippen LogP contribution is 2.69. The number of carbonyl (C=O) groups is 2. The van der Waals surface area contributed by atoms with Gasteiger partial charge in [0.1, 0.15) is 0 Å². The minimum atomic E-state index is -0.480. The van der Waals surface area contributed by atoms with Crippen molar-refractivity contribution in [2.45, 2.75) is 45.4 Å². The number of carbonyl (C=O) groups excluding carboxylic acids is 2. The summed E-state index contributed by atoms with van der Waals surface area (Å²) in [6.07, 6.45) is 0. The van der Waals surface area contributed by atoms with Crippen LogP contribution in [0.2, 0.25) is 0 Å². The number of ether oxygens (including phenoxy) is 2. The van der Waals surface area contributed by atoms with Crippen LogP contribution in [-0.2, 0) is 10.8 Å². The van der Waals surface area contributed by atoms with Gasteiger partial charge in [-0.1, -0.05) is 71.0 Å². The molecular weight excluding hydrogens is 424 g/mol. The molecule has 0 saturated heterocycles. The quantitative estimate of drug-likeness (QED) is 0.330. The third-order valence-corrected chi connectivity index (χ3v) is 9.11. The molecule has 0 N–H and O–H groups in total. The lowest BCUT2D eigenvalue weighted by Gasteiger charge is -2.38. The Bertz CT molecular complexity index is 1170. The maximum Gasteiger partial charge on any atom is 0.343 e. The van der Waals surface area contributed by atoms with Crippen molar-refractivity contribution in [3.05, 3.63) is 95.1 Å². The summed E-state index contributed by atoms with van der Waals surface area (Å²) in [5.74, 6) is 0.934. The van der Waals surface area contributed by atoms with Gasteiger partial charge in [0.25, 0.3) is 0 Å². The Labute approximate surface area is 200 Å². The summed E-state index contributed by atoms with van der Waals surface area (Å²) in [5, 5.41) is 0. The number of hydrogen-bond donors (Lipinski definition) is 0. The summed E-state index contributed by atoms with van der Waals surface area (Å²) >= 11 is 0. The highest BCUT2D eigenvalue weighted by molar-refractivity contribution is 5.93. The SMILES string of the molecule is CC1C(C)C2(C)c3cc(OC(=O)c4ccccc4)c(OC(=O)c4ccccc4)cc3C1(C)C2C. The molecule has 2 aliphatic carbocycles. The zero-order valence-corrected chi connectivity index (χ0v) is 20.3. The van der Waals surface area contributed by atoms with Crippen LogP contribution in [0, 0.1) is 17.8 Å². The van der Waals surface area contributed by atoms with E-state index in [9.17, 15) is 9.59 Å². The van der Waals surface area contributed by atoms with E-state index in [1.807, 2.05) is 24.3 Å². The molecule has 0 heterocycles. The van der Waals surface area contributed by atoms with E-state index in [-0.39, 0.29) is 22.3 Å². The maximum absolute atomic E-state index is 12.9. The number of fused-ring (bicyclic) bond motifs is 5. The van der Waals surface area contributed by atoms with Crippen LogP contribution in [0.15, 0.2) is 72.8 Å². The van der Waals surface area contributed by atoms with Crippen molar-refractivity contribution in [1.82, 2.24) is 0 Å². The van der Waals surface area contributed by atoms with E-state index in [1.54, 1.807) is 48.5 Å². The molecule has 0 aliphatic heterocycles. The second-order valence-electron chi connectivity index (χ2n) is 10.2. The zero-order valence-electron chi connectivity index (χ0n) is 20.3. The molecule has 2 bridgehead atoms. The average Bonchev–Trinajstić information content (AvgIpc) is 3.11. The molecule has 4 heteroatoms. The Morgan fingerprint density at radius 2 is 1.00 bits per heavy atom. The predicted octanol–water partition coefficient (Wildman–Crippen LogP) is 6.58. The lowest BCUT2D eigenvalue weighted by Crippen LogP contribution is -2.33. The third-order valence-electron chi connectivity index (χ3n) is 9.11. The average molecular weight is 455 g/mol. The van der Waals surface area contributed by atoms with Crippen LogP contribution >= 0.6 is 0 Å². The molecule has 0 radical (unpaired) electrons. The van der Waals surface area contributed by atoms with Gasteiger partial charge in [-0.25, -0.2) is 9.59 Å². The molecule has 0 spiro atoms. The fourth-order valence-corrected chi connectivity index (χ4v) is 6.48. The van der Waals surface area contributed by atoms with E-state index < -0.39 is 11.9 Å². The van der Waals surface area contributed by atoms with Crippen LogP contribution in [0.5, 0.6) is 11.5 Å². The van der Waals surface area contributed by atoms with Gasteiger partial charge in [-0.3, -0.25) is 0 Å². The Hall–Kier alpha value is -3.40. The monoisotopic (exact) mass is 454 g/mol. The van der Waals surface area contributed by atoms with Crippen molar-refractivity contribution in [2.24, 2.45) is 17.8 Å². The predicted molar refractivity (Wildman–Crippen MR) is 131 cm³/mol. The first kappa shape index (κ1) is 22.4. The highest BCUT2D eigenvalue weighted by Gasteiger charge is 2.66. The molecule has 3 aromatic rings. The standard InChI is InChI=1S/C30H30O4/c1-18-19(2)30(5)20(3)29(18,4)23-16-25(33-27(31)21-12-8-6-9-13-21)26(17-24(23)30)34-28(32)22-14-10-7-11-15-22/h6-20H,1-5H3. The molecule has 34 heavy (non-hydrogen) atoms. The molecule has 174 valence electrons. The fourth-order valence-electron chi connectivity index (χ4n) is 6.48. The molecule has 0 amide bonds. The summed E-state index contributed by atoms with van der Waals surface area (Å²) in [4.78, 5) is 25.9. The van der Waals surface area contributed by atoms with Crippen LogP contribution < -0.4 is 9.47 Å². The van der Waals surface area contributed by atoms with E-state index in [1.165, 1.54) is 11.1 Å². The van der Waals surface area contributed by atoms with E-state index in [0.29, 0.717) is 28.9 Å². The molecule has 2 aliphatic rings. The normalized spacial score (nSPS) is 28.9. The summed E-state index contributed by atoms with van der Waals surface area (Å²) < 4.78 is 11.7. The lowest BCUT2D eigenvalue weighted by molar-refractivity contribution is 0.0681. The second kappa shape index (κ2) is 7.83. The van der Waals surface area contributed by atoms with E-state index in [0.717, 1.165) is 0 Å². The van der Waals surface area contributed by atoms with E-state index in [2.05, 4.69) is 34.6 Å². The van der Waals surface area contributed by atoms with Crippen molar-refractivity contribution in [2.75, 3.05) is 0 Å². The van der Waals surface area contributed by atoms with Crippen molar-refractivity contribution in [3.63, 3.8) is 0 Å². The van der Waals surface area contributed by atoms with Crippen LogP contribution in [0.3, 0.4) is 0 Å². The summed E-state index contributed by atoms with van der Waals surface area (Å²) in [6, 6.07) is 21.6. The molecule has 4 nitrogen and oxygen atoms in total. The number of benzene rings is 3. The van der Waals surface area contributed by atoms with E-state index in [4.69, 9.17) is 9.47 Å². The van der Waals surface area contributed by atoms with Gasteiger partial charge in [0.05, 0.1) is 11.1 Å². The Kier molecular flexibility index (Phi) is 5.16. The van der Waals surface area contributed by atoms with Gasteiger partial charge >= 0.3 is 11.9 Å².